The average molecular weight is 567 g/mol. The van der Waals surface area contributed by atoms with E-state index >= 15 is 0 Å². The van der Waals surface area contributed by atoms with Gasteiger partial charge < -0.3 is 9.11 Å². The van der Waals surface area contributed by atoms with Crippen molar-refractivity contribution < 1.29 is 25.9 Å². The molecule has 0 spiro atoms. The standard InChI is InChI=1S/2C14H16O3S.Ca/c2*1-2-3-6-11-9-13(18(15,16)17)10-12-7-4-5-8-14(11)12;/h2*4-5,7-10H,2-3,6H2,1H3,(H,15,16,17);/q;;+2/p-2. The van der Waals surface area contributed by atoms with Crippen LogP contribution in [-0.2, 0) is 33.1 Å². The molecule has 0 unspecified atom stereocenters. The van der Waals surface area contributed by atoms with Gasteiger partial charge in [0.15, 0.2) is 0 Å². The van der Waals surface area contributed by atoms with E-state index in [1.807, 2.05) is 48.5 Å². The first-order valence-electron chi connectivity index (χ1n) is 12.0. The van der Waals surface area contributed by atoms with Crippen LogP contribution in [-0.4, -0.2) is 63.7 Å². The van der Waals surface area contributed by atoms with E-state index in [1.165, 1.54) is 24.3 Å². The van der Waals surface area contributed by atoms with Crippen molar-refractivity contribution in [3.8, 4) is 0 Å². The number of rotatable bonds is 8. The normalized spacial score (nSPS) is 11.6. The molecule has 0 radical (unpaired) electrons. The van der Waals surface area contributed by atoms with E-state index in [0.717, 1.165) is 71.2 Å². The molecule has 0 atom stereocenters. The first-order chi connectivity index (χ1) is 17.0. The largest absolute Gasteiger partial charge is 2.00 e. The molecule has 0 saturated heterocycles. The van der Waals surface area contributed by atoms with E-state index in [9.17, 15) is 25.9 Å². The second kappa shape index (κ2) is 14.0. The monoisotopic (exact) mass is 566 g/mol. The Bertz CT molecular complexity index is 1450. The number of fused-ring (bicyclic) bond motifs is 2. The van der Waals surface area contributed by atoms with Crippen LogP contribution in [0.15, 0.2) is 82.6 Å². The molecule has 4 rings (SSSR count). The summed E-state index contributed by atoms with van der Waals surface area (Å²) in [7, 11) is -8.78. The van der Waals surface area contributed by atoms with E-state index in [-0.39, 0.29) is 47.5 Å². The maximum absolute atomic E-state index is 11.1. The van der Waals surface area contributed by atoms with Crippen LogP contribution in [0.5, 0.6) is 0 Å². The van der Waals surface area contributed by atoms with E-state index in [2.05, 4.69) is 13.8 Å². The molecule has 0 heterocycles. The number of unbranched alkanes of at least 4 members (excludes halogenated alkanes) is 2. The van der Waals surface area contributed by atoms with Gasteiger partial charge in [0.1, 0.15) is 20.2 Å². The number of hydrogen-bond acceptors (Lipinski definition) is 6. The van der Waals surface area contributed by atoms with Crippen molar-refractivity contribution in [3.63, 3.8) is 0 Å². The Kier molecular flexibility index (Phi) is 12.0. The third-order valence-electron chi connectivity index (χ3n) is 6.02. The molecule has 0 saturated carbocycles. The molecule has 37 heavy (non-hydrogen) atoms. The fourth-order valence-electron chi connectivity index (χ4n) is 4.16. The van der Waals surface area contributed by atoms with Crippen LogP contribution in [0.1, 0.15) is 50.7 Å². The minimum Gasteiger partial charge on any atom is -0.744 e. The summed E-state index contributed by atoms with van der Waals surface area (Å²) in [6, 6.07) is 21.0. The van der Waals surface area contributed by atoms with E-state index in [4.69, 9.17) is 0 Å². The predicted octanol–water partition coefficient (Wildman–Crippen LogP) is 5.79. The maximum Gasteiger partial charge on any atom is 2.00 e. The fourth-order valence-corrected chi connectivity index (χ4v) is 5.27. The molecule has 192 valence electrons. The van der Waals surface area contributed by atoms with Gasteiger partial charge in [-0.25, -0.2) is 16.8 Å². The van der Waals surface area contributed by atoms with Crippen LogP contribution in [0.25, 0.3) is 21.5 Å². The van der Waals surface area contributed by atoms with Gasteiger partial charge in [-0.05, 0) is 82.6 Å². The van der Waals surface area contributed by atoms with E-state index < -0.39 is 20.2 Å². The molecule has 9 heteroatoms. The Morgan fingerprint density at radius 2 is 0.946 bits per heavy atom. The van der Waals surface area contributed by atoms with Gasteiger partial charge in [-0.15, -0.1) is 0 Å². The molecular weight excluding hydrogens is 537 g/mol. The molecule has 0 fully saturated rings. The van der Waals surface area contributed by atoms with Gasteiger partial charge in [0.2, 0.25) is 0 Å². The molecule has 0 aliphatic carbocycles. The summed E-state index contributed by atoms with van der Waals surface area (Å²) < 4.78 is 66.9. The Morgan fingerprint density at radius 3 is 1.27 bits per heavy atom. The minimum atomic E-state index is -4.39. The third-order valence-corrected chi connectivity index (χ3v) is 7.64. The Balaban J connectivity index is 0.000000253. The first kappa shape index (κ1) is 31.7. The van der Waals surface area contributed by atoms with Crippen LogP contribution in [0, 0.1) is 0 Å². The van der Waals surface area contributed by atoms with E-state index in [1.54, 1.807) is 0 Å². The van der Waals surface area contributed by atoms with Gasteiger partial charge >= 0.3 is 37.7 Å². The van der Waals surface area contributed by atoms with Crippen LogP contribution in [0.4, 0.5) is 0 Å². The first-order valence-corrected chi connectivity index (χ1v) is 14.8. The second-order valence-electron chi connectivity index (χ2n) is 8.72. The van der Waals surface area contributed by atoms with E-state index in [0.29, 0.717) is 0 Å². The summed E-state index contributed by atoms with van der Waals surface area (Å²) in [5, 5.41) is 3.66. The van der Waals surface area contributed by atoms with Crippen molar-refractivity contribution in [2.45, 2.75) is 62.2 Å². The van der Waals surface area contributed by atoms with Crippen LogP contribution >= 0.6 is 0 Å². The van der Waals surface area contributed by atoms with Crippen molar-refractivity contribution in [3.05, 3.63) is 83.9 Å². The van der Waals surface area contributed by atoms with Gasteiger partial charge in [0.05, 0.1) is 9.79 Å². The topological polar surface area (TPSA) is 114 Å². The number of benzene rings is 4. The van der Waals surface area contributed by atoms with Crippen LogP contribution in [0.2, 0.25) is 0 Å². The summed E-state index contributed by atoms with van der Waals surface area (Å²) in [5.74, 6) is 0. The Labute approximate surface area is 249 Å². The summed E-state index contributed by atoms with van der Waals surface area (Å²) in [6.45, 7) is 4.16. The SMILES string of the molecule is CCCCc1cc(S(=O)(=O)[O-])cc2ccccc12.CCCCc1cc(S(=O)(=O)[O-])cc2ccccc12.[Ca+2]. The average Bonchev–Trinajstić information content (AvgIpc) is 2.84. The molecule has 4 aromatic carbocycles. The van der Waals surface area contributed by atoms with Crippen molar-refractivity contribution in [2.75, 3.05) is 0 Å². The number of hydrogen-bond donors (Lipinski definition) is 0. The second-order valence-corrected chi connectivity index (χ2v) is 11.5. The summed E-state index contributed by atoms with van der Waals surface area (Å²) in [6.07, 6.45) is 5.60. The summed E-state index contributed by atoms with van der Waals surface area (Å²) in [5.41, 5.74) is 1.87. The summed E-state index contributed by atoms with van der Waals surface area (Å²) in [4.78, 5) is -0.264. The van der Waals surface area contributed by atoms with Crippen LogP contribution < -0.4 is 0 Å². The predicted molar refractivity (Wildman–Crippen MR) is 147 cm³/mol. The van der Waals surface area contributed by atoms with Crippen molar-refractivity contribution in [1.82, 2.24) is 0 Å². The zero-order valence-electron chi connectivity index (χ0n) is 21.1. The van der Waals surface area contributed by atoms with Crippen LogP contribution in [0.3, 0.4) is 0 Å². The zero-order valence-corrected chi connectivity index (χ0v) is 25.0. The van der Waals surface area contributed by atoms with Crippen molar-refractivity contribution in [1.29, 1.82) is 0 Å². The Morgan fingerprint density at radius 1 is 0.595 bits per heavy atom. The van der Waals surface area contributed by atoms with Crippen molar-refractivity contribution >= 4 is 79.5 Å². The minimum absolute atomic E-state index is 0. The van der Waals surface area contributed by atoms with Gasteiger partial charge in [-0.1, -0.05) is 75.2 Å². The third kappa shape index (κ3) is 8.75. The Hall–Kier alpha value is -1.52. The van der Waals surface area contributed by atoms with Gasteiger partial charge in [-0.3, -0.25) is 0 Å². The fraction of sp³-hybridized carbons (Fsp3) is 0.286. The quantitative estimate of drug-likeness (QED) is 0.197. The summed E-state index contributed by atoms with van der Waals surface area (Å²) >= 11 is 0. The van der Waals surface area contributed by atoms with Crippen molar-refractivity contribution in [2.24, 2.45) is 0 Å². The molecule has 4 aromatic rings. The molecule has 0 aliphatic rings. The molecule has 0 N–H and O–H groups in total. The van der Waals surface area contributed by atoms with Gasteiger partial charge in [0, 0.05) is 0 Å². The zero-order chi connectivity index (χ0) is 26.3. The number of aryl methyl sites for hydroxylation is 2. The molecule has 0 bridgehead atoms. The maximum atomic E-state index is 11.1. The van der Waals surface area contributed by atoms with Gasteiger partial charge in [0.25, 0.3) is 0 Å². The molecular formula is C28H30CaO6S2. The molecule has 0 aromatic heterocycles. The van der Waals surface area contributed by atoms with Gasteiger partial charge in [-0.2, -0.15) is 0 Å². The molecule has 6 nitrogen and oxygen atoms in total. The smallest absolute Gasteiger partial charge is 0.744 e. The molecule has 0 aliphatic heterocycles. The molecule has 0 amide bonds.